The molecular formula is C47H32S. The van der Waals surface area contributed by atoms with Crippen molar-refractivity contribution in [3.63, 3.8) is 0 Å². The lowest BCUT2D eigenvalue weighted by atomic mass is 9.81. The fourth-order valence-electron chi connectivity index (χ4n) is 8.42. The van der Waals surface area contributed by atoms with Crippen molar-refractivity contribution in [1.29, 1.82) is 0 Å². The molecule has 0 spiro atoms. The number of benzene rings is 8. The van der Waals surface area contributed by atoms with Crippen LogP contribution < -0.4 is 0 Å². The summed E-state index contributed by atoms with van der Waals surface area (Å²) in [5, 5.41) is 7.82. The maximum absolute atomic E-state index is 2.44. The second-order valence-electron chi connectivity index (χ2n) is 13.6. The zero-order chi connectivity index (χ0) is 32.0. The Hall–Kier alpha value is -5.50. The number of thiophene rings is 1. The maximum atomic E-state index is 2.44. The van der Waals surface area contributed by atoms with E-state index in [0.717, 1.165) is 0 Å². The van der Waals surface area contributed by atoms with Gasteiger partial charge in [0.1, 0.15) is 0 Å². The Morgan fingerprint density at radius 1 is 0.375 bits per heavy atom. The van der Waals surface area contributed by atoms with Crippen LogP contribution in [-0.4, -0.2) is 0 Å². The molecule has 0 amide bonds. The summed E-state index contributed by atoms with van der Waals surface area (Å²) < 4.78 is 2.69. The molecule has 1 aromatic heterocycles. The topological polar surface area (TPSA) is 0 Å². The minimum absolute atomic E-state index is 0.00684. The van der Waals surface area contributed by atoms with E-state index < -0.39 is 0 Å². The van der Waals surface area contributed by atoms with Gasteiger partial charge in [-0.05, 0) is 89.3 Å². The smallest absolute Gasteiger partial charge is 0.0433 e. The molecule has 0 atom stereocenters. The van der Waals surface area contributed by atoms with E-state index >= 15 is 0 Å². The molecule has 9 aromatic rings. The van der Waals surface area contributed by atoms with Gasteiger partial charge in [0.05, 0.1) is 0 Å². The number of hydrogen-bond donors (Lipinski definition) is 0. The quantitative estimate of drug-likeness (QED) is 0.171. The first kappa shape index (κ1) is 27.6. The van der Waals surface area contributed by atoms with Crippen molar-refractivity contribution in [1.82, 2.24) is 0 Å². The summed E-state index contributed by atoms with van der Waals surface area (Å²) in [5.74, 6) is 0. The first-order valence-corrected chi connectivity index (χ1v) is 17.6. The Labute approximate surface area is 284 Å². The largest absolute Gasteiger partial charge is 0.135 e. The second-order valence-corrected chi connectivity index (χ2v) is 14.7. The van der Waals surface area contributed by atoms with Crippen LogP contribution in [0.25, 0.3) is 86.2 Å². The highest BCUT2D eigenvalue weighted by Crippen LogP contribution is 2.51. The van der Waals surface area contributed by atoms with Crippen molar-refractivity contribution in [3.05, 3.63) is 169 Å². The first-order valence-electron chi connectivity index (χ1n) is 16.8. The molecule has 0 unspecified atom stereocenters. The van der Waals surface area contributed by atoms with Crippen molar-refractivity contribution in [2.24, 2.45) is 0 Å². The minimum Gasteiger partial charge on any atom is -0.135 e. The van der Waals surface area contributed by atoms with Crippen LogP contribution in [0.1, 0.15) is 25.0 Å². The fraction of sp³-hybridized carbons (Fsp3) is 0.0638. The van der Waals surface area contributed by atoms with Crippen molar-refractivity contribution >= 4 is 53.1 Å². The molecule has 226 valence electrons. The molecule has 1 heterocycles. The average molecular weight is 629 g/mol. The molecule has 0 saturated heterocycles. The molecule has 0 nitrogen and oxygen atoms in total. The Bertz CT molecular complexity index is 2680. The monoisotopic (exact) mass is 628 g/mol. The summed E-state index contributed by atoms with van der Waals surface area (Å²) in [6.45, 7) is 4.70. The van der Waals surface area contributed by atoms with E-state index in [2.05, 4.69) is 172 Å². The molecule has 1 aliphatic carbocycles. The van der Waals surface area contributed by atoms with Crippen LogP contribution in [0.5, 0.6) is 0 Å². The van der Waals surface area contributed by atoms with Crippen LogP contribution in [0.2, 0.25) is 0 Å². The third kappa shape index (κ3) is 3.89. The van der Waals surface area contributed by atoms with Gasteiger partial charge in [-0.25, -0.2) is 0 Å². The van der Waals surface area contributed by atoms with Crippen molar-refractivity contribution in [2.75, 3.05) is 0 Å². The molecule has 8 aromatic carbocycles. The lowest BCUT2D eigenvalue weighted by Crippen LogP contribution is -2.14. The van der Waals surface area contributed by atoms with E-state index in [-0.39, 0.29) is 5.41 Å². The molecule has 0 saturated carbocycles. The van der Waals surface area contributed by atoms with E-state index in [9.17, 15) is 0 Å². The first-order chi connectivity index (χ1) is 23.6. The molecule has 0 aliphatic heterocycles. The van der Waals surface area contributed by atoms with Crippen molar-refractivity contribution in [3.8, 4) is 44.5 Å². The zero-order valence-corrected chi connectivity index (χ0v) is 27.7. The molecule has 10 rings (SSSR count). The van der Waals surface area contributed by atoms with Gasteiger partial charge in [-0.1, -0.05) is 159 Å². The summed E-state index contributed by atoms with van der Waals surface area (Å²) >= 11 is 1.89. The van der Waals surface area contributed by atoms with Crippen LogP contribution in [-0.2, 0) is 5.41 Å². The van der Waals surface area contributed by atoms with E-state index in [1.807, 2.05) is 11.3 Å². The van der Waals surface area contributed by atoms with Gasteiger partial charge in [-0.2, -0.15) is 0 Å². The standard InChI is InChI=1S/C47H32S/c1-47(2)41-20-9-7-12-33(41)40-28-31(26-27-42(40)47)45-37-16-5-3-14-35(37)44(36-15-4-6-17-38(36)45)30-24-22-29(23-25-30)32-18-11-19-39-34-13-8-10-21-43(34)48-46(32)39/h3-28H,1-2H3. The van der Waals surface area contributed by atoms with Gasteiger partial charge in [0.2, 0.25) is 0 Å². The SMILES string of the molecule is CC1(C)c2ccccc2-c2cc(-c3c4ccccc4c(-c4ccc(-c5cccc6c5sc5ccccc56)cc4)c4ccccc34)ccc21. The molecule has 0 bridgehead atoms. The summed E-state index contributed by atoms with van der Waals surface area (Å²) in [6, 6.07) is 58.8. The van der Waals surface area contributed by atoms with E-state index in [4.69, 9.17) is 0 Å². The van der Waals surface area contributed by atoms with Crippen molar-refractivity contribution < 1.29 is 0 Å². The Balaban J connectivity index is 1.16. The van der Waals surface area contributed by atoms with Crippen molar-refractivity contribution in [2.45, 2.75) is 19.3 Å². The van der Waals surface area contributed by atoms with Gasteiger partial charge in [0.15, 0.2) is 0 Å². The molecule has 1 aliphatic rings. The Morgan fingerprint density at radius 3 is 1.58 bits per heavy atom. The summed E-state index contributed by atoms with van der Waals surface area (Å²) in [5.41, 5.74) is 13.2. The third-order valence-electron chi connectivity index (χ3n) is 10.7. The van der Waals surface area contributed by atoms with Gasteiger partial charge in [0, 0.05) is 25.6 Å². The van der Waals surface area contributed by atoms with E-state index in [0.29, 0.717) is 0 Å². The molecule has 1 heteroatoms. The summed E-state index contributed by atoms with van der Waals surface area (Å²) in [4.78, 5) is 0. The highest BCUT2D eigenvalue weighted by Gasteiger charge is 2.35. The molecular weight excluding hydrogens is 597 g/mol. The van der Waals surface area contributed by atoms with Gasteiger partial charge < -0.3 is 0 Å². The number of hydrogen-bond acceptors (Lipinski definition) is 1. The van der Waals surface area contributed by atoms with E-state index in [1.54, 1.807) is 0 Å². The van der Waals surface area contributed by atoms with Gasteiger partial charge in [-0.15, -0.1) is 11.3 Å². The summed E-state index contributed by atoms with van der Waals surface area (Å²) in [6.07, 6.45) is 0. The molecule has 0 radical (unpaired) electrons. The van der Waals surface area contributed by atoms with Crippen LogP contribution in [0.4, 0.5) is 0 Å². The van der Waals surface area contributed by atoms with Gasteiger partial charge >= 0.3 is 0 Å². The second kappa shape index (κ2) is 10.2. The number of rotatable bonds is 3. The Morgan fingerprint density at radius 2 is 0.875 bits per heavy atom. The van der Waals surface area contributed by atoms with E-state index in [1.165, 1.54) is 97.4 Å². The van der Waals surface area contributed by atoms with Crippen LogP contribution in [0.15, 0.2) is 158 Å². The lowest BCUT2D eigenvalue weighted by Gasteiger charge is -2.22. The number of fused-ring (bicyclic) bond motifs is 8. The highest BCUT2D eigenvalue weighted by atomic mass is 32.1. The molecule has 0 N–H and O–H groups in total. The minimum atomic E-state index is -0.00684. The summed E-state index contributed by atoms with van der Waals surface area (Å²) in [7, 11) is 0. The van der Waals surface area contributed by atoms with Gasteiger partial charge in [-0.3, -0.25) is 0 Å². The maximum Gasteiger partial charge on any atom is 0.0433 e. The average Bonchev–Trinajstić information content (AvgIpc) is 3.63. The Kier molecular flexibility index (Phi) is 5.89. The lowest BCUT2D eigenvalue weighted by molar-refractivity contribution is 0.660. The fourth-order valence-corrected chi connectivity index (χ4v) is 9.66. The normalized spacial score (nSPS) is 13.4. The zero-order valence-electron chi connectivity index (χ0n) is 26.9. The highest BCUT2D eigenvalue weighted by molar-refractivity contribution is 7.26. The van der Waals surface area contributed by atoms with Crippen LogP contribution in [0.3, 0.4) is 0 Å². The van der Waals surface area contributed by atoms with Gasteiger partial charge in [0.25, 0.3) is 0 Å². The predicted octanol–water partition coefficient (Wildman–Crippen LogP) is 13.7. The molecule has 0 fully saturated rings. The molecule has 48 heavy (non-hydrogen) atoms. The van der Waals surface area contributed by atoms with Crippen LogP contribution >= 0.6 is 11.3 Å². The predicted molar refractivity (Wildman–Crippen MR) is 208 cm³/mol. The van der Waals surface area contributed by atoms with Crippen LogP contribution in [0, 0.1) is 0 Å². The third-order valence-corrected chi connectivity index (χ3v) is 11.9.